The average Bonchev–Trinajstić information content (AvgIpc) is 3.43. The van der Waals surface area contributed by atoms with Crippen molar-refractivity contribution in [3.63, 3.8) is 0 Å². The topological polar surface area (TPSA) is 66.0 Å². The number of aryl methyl sites for hydroxylation is 3. The number of nitrogens with zero attached hydrogens (tertiary/aromatic N) is 4. The van der Waals surface area contributed by atoms with E-state index in [0.29, 0.717) is 12.6 Å². The highest BCUT2D eigenvalue weighted by Gasteiger charge is 2.54. The van der Waals surface area contributed by atoms with Crippen molar-refractivity contribution in [3.05, 3.63) is 51.0 Å². The number of hydrogen-bond acceptors (Lipinski definition) is 6. The van der Waals surface area contributed by atoms with Crippen molar-refractivity contribution < 1.29 is 14.3 Å². The first kappa shape index (κ1) is 27.1. The van der Waals surface area contributed by atoms with Crippen LogP contribution in [0.25, 0.3) is 0 Å². The van der Waals surface area contributed by atoms with E-state index in [1.54, 1.807) is 11.3 Å². The SMILES string of the molecule is CCCCC1N(Cc2csc(C)n2)C(=O)OC12CCN(C1CCN(C(=O)c3c(C)cccc3C)CC1)CC2. The van der Waals surface area contributed by atoms with E-state index in [0.717, 1.165) is 98.5 Å². The number of piperidine rings is 2. The molecular formula is C30H42N4O3S. The van der Waals surface area contributed by atoms with E-state index in [1.165, 1.54) is 0 Å². The molecule has 2 amide bonds. The number of rotatable bonds is 7. The Morgan fingerprint density at radius 3 is 2.39 bits per heavy atom. The van der Waals surface area contributed by atoms with E-state index in [1.807, 2.05) is 48.8 Å². The average molecular weight is 539 g/mol. The molecule has 0 aliphatic carbocycles. The van der Waals surface area contributed by atoms with Crippen molar-refractivity contribution in [2.75, 3.05) is 26.2 Å². The summed E-state index contributed by atoms with van der Waals surface area (Å²) in [5, 5.41) is 3.09. The van der Waals surface area contributed by atoms with Crippen LogP contribution in [-0.2, 0) is 11.3 Å². The fourth-order valence-corrected chi connectivity index (χ4v) is 7.41. The van der Waals surface area contributed by atoms with Crippen LogP contribution in [0.5, 0.6) is 0 Å². The van der Waals surface area contributed by atoms with Gasteiger partial charge in [-0.3, -0.25) is 14.6 Å². The molecule has 0 N–H and O–H groups in total. The summed E-state index contributed by atoms with van der Waals surface area (Å²) in [6.07, 6.45) is 6.74. The molecular weight excluding hydrogens is 496 g/mol. The molecule has 3 saturated heterocycles. The quantitative estimate of drug-likeness (QED) is 0.451. The van der Waals surface area contributed by atoms with Gasteiger partial charge in [0.25, 0.3) is 5.91 Å². The first-order valence-electron chi connectivity index (χ1n) is 14.3. The van der Waals surface area contributed by atoms with Crippen molar-refractivity contribution in [1.29, 1.82) is 0 Å². The van der Waals surface area contributed by atoms with E-state index in [2.05, 4.69) is 22.2 Å². The fraction of sp³-hybridized carbons (Fsp3) is 0.633. The monoisotopic (exact) mass is 538 g/mol. The first-order chi connectivity index (χ1) is 18.3. The molecule has 7 nitrogen and oxygen atoms in total. The molecule has 3 aliphatic rings. The smallest absolute Gasteiger partial charge is 0.411 e. The van der Waals surface area contributed by atoms with Gasteiger partial charge < -0.3 is 9.64 Å². The van der Waals surface area contributed by atoms with Gasteiger partial charge in [-0.05, 0) is 51.2 Å². The number of carbonyl (C=O) groups is 2. The Bertz CT molecular complexity index is 1130. The maximum Gasteiger partial charge on any atom is 0.411 e. The highest BCUT2D eigenvalue weighted by atomic mass is 32.1. The van der Waals surface area contributed by atoms with E-state index >= 15 is 0 Å². The molecule has 4 heterocycles. The molecule has 0 bridgehead atoms. The van der Waals surface area contributed by atoms with Gasteiger partial charge in [-0.25, -0.2) is 9.78 Å². The predicted molar refractivity (Wildman–Crippen MR) is 151 cm³/mol. The maximum absolute atomic E-state index is 13.3. The number of likely N-dealkylation sites (tertiary alicyclic amines) is 2. The Balaban J connectivity index is 1.20. The largest absolute Gasteiger partial charge is 0.440 e. The summed E-state index contributed by atoms with van der Waals surface area (Å²) in [6, 6.07) is 6.66. The minimum atomic E-state index is -0.396. The number of benzene rings is 1. The van der Waals surface area contributed by atoms with Gasteiger partial charge in [-0.2, -0.15) is 0 Å². The molecule has 1 spiro atoms. The zero-order valence-corrected chi connectivity index (χ0v) is 24.2. The number of aromatic nitrogens is 1. The lowest BCUT2D eigenvalue weighted by atomic mass is 9.81. The Morgan fingerprint density at radius 1 is 1.11 bits per heavy atom. The lowest BCUT2D eigenvalue weighted by molar-refractivity contribution is -0.0383. The van der Waals surface area contributed by atoms with Gasteiger partial charge in [0.1, 0.15) is 5.60 Å². The molecule has 1 aromatic heterocycles. The number of unbranched alkanes of at least 4 members (excludes halogenated alkanes) is 1. The van der Waals surface area contributed by atoms with Crippen LogP contribution >= 0.6 is 11.3 Å². The van der Waals surface area contributed by atoms with Gasteiger partial charge in [-0.1, -0.05) is 38.0 Å². The minimum Gasteiger partial charge on any atom is -0.440 e. The summed E-state index contributed by atoms with van der Waals surface area (Å²) in [4.78, 5) is 37.6. The van der Waals surface area contributed by atoms with E-state index in [9.17, 15) is 9.59 Å². The highest BCUT2D eigenvalue weighted by Crippen LogP contribution is 2.42. The van der Waals surface area contributed by atoms with Crippen molar-refractivity contribution >= 4 is 23.3 Å². The van der Waals surface area contributed by atoms with Crippen LogP contribution in [0.1, 0.15) is 84.1 Å². The van der Waals surface area contributed by atoms with Crippen LogP contribution in [-0.4, -0.2) is 75.5 Å². The third-order valence-electron chi connectivity index (χ3n) is 8.95. The molecule has 1 aromatic carbocycles. The fourth-order valence-electron chi connectivity index (χ4n) is 6.81. The lowest BCUT2D eigenvalue weighted by Crippen LogP contribution is -2.56. The summed E-state index contributed by atoms with van der Waals surface area (Å²) in [6.45, 7) is 12.3. The Morgan fingerprint density at radius 2 is 1.79 bits per heavy atom. The van der Waals surface area contributed by atoms with Crippen molar-refractivity contribution in [1.82, 2.24) is 19.7 Å². The number of hydrogen-bond donors (Lipinski definition) is 0. The van der Waals surface area contributed by atoms with Crippen molar-refractivity contribution in [3.8, 4) is 0 Å². The Kier molecular flexibility index (Phi) is 8.10. The molecule has 3 fully saturated rings. The second kappa shape index (κ2) is 11.3. The van der Waals surface area contributed by atoms with Gasteiger partial charge in [0.05, 0.1) is 23.3 Å². The van der Waals surface area contributed by atoms with Gasteiger partial charge in [0, 0.05) is 56.0 Å². The lowest BCUT2D eigenvalue weighted by Gasteiger charge is -2.46. The molecule has 0 radical (unpaired) electrons. The van der Waals surface area contributed by atoms with E-state index in [4.69, 9.17) is 4.74 Å². The van der Waals surface area contributed by atoms with Gasteiger partial charge >= 0.3 is 6.09 Å². The Hall–Kier alpha value is -2.45. The number of thiazole rings is 1. The second-order valence-electron chi connectivity index (χ2n) is 11.4. The predicted octanol–water partition coefficient (Wildman–Crippen LogP) is 5.72. The van der Waals surface area contributed by atoms with Crippen molar-refractivity contribution in [2.24, 2.45) is 0 Å². The molecule has 1 unspecified atom stereocenters. The van der Waals surface area contributed by atoms with Crippen LogP contribution in [0, 0.1) is 20.8 Å². The molecule has 38 heavy (non-hydrogen) atoms. The number of ether oxygens (including phenoxy) is 1. The van der Waals surface area contributed by atoms with Crippen LogP contribution in [0.2, 0.25) is 0 Å². The number of amides is 2. The van der Waals surface area contributed by atoms with Crippen LogP contribution < -0.4 is 0 Å². The summed E-state index contributed by atoms with van der Waals surface area (Å²) in [7, 11) is 0. The summed E-state index contributed by atoms with van der Waals surface area (Å²) >= 11 is 1.63. The molecule has 0 saturated carbocycles. The normalized spacial score (nSPS) is 22.3. The Labute approximate surface area is 231 Å². The van der Waals surface area contributed by atoms with Crippen LogP contribution in [0.4, 0.5) is 4.79 Å². The zero-order chi connectivity index (χ0) is 26.9. The summed E-state index contributed by atoms with van der Waals surface area (Å²) in [5.41, 5.74) is 3.54. The maximum atomic E-state index is 13.3. The molecule has 5 rings (SSSR count). The van der Waals surface area contributed by atoms with Gasteiger partial charge in [0.2, 0.25) is 0 Å². The van der Waals surface area contributed by atoms with E-state index in [-0.39, 0.29) is 18.0 Å². The zero-order valence-electron chi connectivity index (χ0n) is 23.4. The minimum absolute atomic E-state index is 0.107. The highest BCUT2D eigenvalue weighted by molar-refractivity contribution is 7.09. The van der Waals surface area contributed by atoms with Gasteiger partial charge in [0.15, 0.2) is 0 Å². The molecule has 3 aliphatic heterocycles. The third kappa shape index (κ3) is 5.34. The number of carbonyl (C=O) groups excluding carboxylic acids is 2. The van der Waals surface area contributed by atoms with Crippen LogP contribution in [0.3, 0.4) is 0 Å². The summed E-state index contributed by atoms with van der Waals surface area (Å²) in [5.74, 6) is 0.170. The first-order valence-corrected chi connectivity index (χ1v) is 15.2. The summed E-state index contributed by atoms with van der Waals surface area (Å²) < 4.78 is 6.23. The molecule has 206 valence electrons. The van der Waals surface area contributed by atoms with Crippen LogP contribution in [0.15, 0.2) is 23.6 Å². The van der Waals surface area contributed by atoms with Gasteiger partial charge in [-0.15, -0.1) is 11.3 Å². The third-order valence-corrected chi connectivity index (χ3v) is 9.77. The molecule has 2 aromatic rings. The van der Waals surface area contributed by atoms with E-state index < -0.39 is 5.60 Å². The molecule has 1 atom stereocenters. The standard InChI is InChI=1S/C30H42N4O3S/c1-5-6-10-26-30(37-29(36)34(26)19-24-20-38-23(4)31-24)13-17-32(18-14-30)25-11-15-33(16-12-25)28(35)27-21(2)8-7-9-22(27)3/h7-9,20,25-26H,5-6,10-19H2,1-4H3. The second-order valence-corrected chi connectivity index (χ2v) is 12.5. The molecule has 8 heteroatoms. The van der Waals surface area contributed by atoms with Crippen molar-refractivity contribution in [2.45, 2.75) is 96.9 Å².